The number of thiophene rings is 1. The van der Waals surface area contributed by atoms with Gasteiger partial charge in [-0.05, 0) is 28.8 Å². The van der Waals surface area contributed by atoms with Crippen molar-refractivity contribution < 1.29 is 47.6 Å². The average Bonchev–Trinajstić information content (AvgIpc) is 2.50. The van der Waals surface area contributed by atoms with Gasteiger partial charge in [0.1, 0.15) is 0 Å². The normalized spacial score (nSPS) is 13.3. The van der Waals surface area contributed by atoms with Gasteiger partial charge in [-0.3, -0.25) is 0 Å². The maximum absolute atomic E-state index is 10.2. The molecule has 74 valence electrons. The zero-order valence-corrected chi connectivity index (χ0v) is 11.3. The Kier molecular flexibility index (Phi) is 6.47. The van der Waals surface area contributed by atoms with E-state index in [9.17, 15) is 18.1 Å². The van der Waals surface area contributed by atoms with Crippen LogP contribution in [0.1, 0.15) is 18.1 Å². The molecule has 1 aromatic heterocycles. The van der Waals surface area contributed by atoms with E-state index in [1.807, 2.05) is 0 Å². The summed E-state index contributed by atoms with van der Waals surface area (Å²) in [6, 6.07) is 1.70. The van der Waals surface area contributed by atoms with E-state index in [4.69, 9.17) is 0 Å². The molecule has 0 aliphatic rings. The van der Waals surface area contributed by atoms with Gasteiger partial charge in [-0.25, -0.2) is 8.42 Å². The minimum Gasteiger partial charge on any atom is -0.748 e. The zero-order chi connectivity index (χ0) is 9.90. The molecule has 1 rings (SSSR count). The molecule has 0 spiro atoms. The Morgan fingerprint density at radius 1 is 1.57 bits per heavy atom. The summed E-state index contributed by atoms with van der Waals surface area (Å²) in [4.78, 5) is 0. The van der Waals surface area contributed by atoms with Crippen molar-refractivity contribution in [2.75, 3.05) is 5.75 Å². The Morgan fingerprint density at radius 2 is 2.21 bits per heavy atom. The second kappa shape index (κ2) is 6.22. The van der Waals surface area contributed by atoms with Crippen molar-refractivity contribution in [1.29, 1.82) is 0 Å². The molecule has 0 aromatic carbocycles. The van der Waals surface area contributed by atoms with Gasteiger partial charge < -0.3 is 9.66 Å². The first kappa shape index (κ1) is 14.6. The van der Waals surface area contributed by atoms with Crippen LogP contribution in [0.3, 0.4) is 0 Å². The van der Waals surface area contributed by atoms with Crippen LogP contribution >= 0.6 is 11.3 Å². The van der Waals surface area contributed by atoms with Gasteiger partial charge in [-0.15, -0.1) is 0 Å². The van der Waals surface area contributed by atoms with E-state index in [0.717, 1.165) is 0 Å². The summed E-state index contributed by atoms with van der Waals surface area (Å²) >= 11 is 1.41. The Balaban J connectivity index is 0.00000169. The first-order chi connectivity index (χ1) is 5.99. The smallest absolute Gasteiger partial charge is 0.748 e. The van der Waals surface area contributed by atoms with Crippen LogP contribution in [0.4, 0.5) is 0 Å². The monoisotopic (exact) mass is 244 g/mol. The summed E-state index contributed by atoms with van der Waals surface area (Å²) in [7, 11) is -4.22. The Hall–Kier alpha value is 0.570. The van der Waals surface area contributed by atoms with Crippen LogP contribution in [-0.2, 0) is 10.1 Å². The fraction of sp³-hybridized carbons (Fsp3) is 0.429. The van der Waals surface area contributed by atoms with E-state index in [0.29, 0.717) is 5.56 Å². The molecule has 0 saturated heterocycles. The van der Waals surface area contributed by atoms with Crippen molar-refractivity contribution in [3.8, 4) is 0 Å². The Bertz CT molecular complexity index is 346. The maximum Gasteiger partial charge on any atom is 1.00 e. The summed E-state index contributed by atoms with van der Waals surface area (Å²) in [5.41, 5.74) is 0.661. The third kappa shape index (κ3) is 5.45. The standard InChI is InChI=1S/C7H10O4S2.Na/c8-7(2-4-13(9,10)11)6-1-3-12-5-6;/h1,3,5,7-8H,2,4H2,(H,9,10,11);/q;+1/p-1. The number of rotatable bonds is 4. The molecule has 0 aliphatic carbocycles. The van der Waals surface area contributed by atoms with Crippen molar-refractivity contribution in [2.24, 2.45) is 0 Å². The second-order valence-electron chi connectivity index (χ2n) is 2.62. The topological polar surface area (TPSA) is 77.4 Å². The number of aliphatic hydroxyl groups excluding tert-OH is 1. The number of hydrogen-bond acceptors (Lipinski definition) is 5. The summed E-state index contributed by atoms with van der Waals surface area (Å²) in [6.45, 7) is 0. The molecule has 1 heterocycles. The van der Waals surface area contributed by atoms with Gasteiger partial charge in [0.15, 0.2) is 0 Å². The van der Waals surface area contributed by atoms with Crippen molar-refractivity contribution >= 4 is 21.5 Å². The van der Waals surface area contributed by atoms with Gasteiger partial charge in [0.05, 0.1) is 16.2 Å². The molecule has 0 aliphatic heterocycles. The average molecular weight is 244 g/mol. The van der Waals surface area contributed by atoms with Crippen molar-refractivity contribution in [3.05, 3.63) is 22.4 Å². The van der Waals surface area contributed by atoms with Crippen molar-refractivity contribution in [1.82, 2.24) is 0 Å². The molecule has 1 aromatic rings. The molecule has 1 N–H and O–H groups in total. The fourth-order valence-electron chi connectivity index (χ4n) is 0.887. The molecule has 14 heavy (non-hydrogen) atoms. The molecule has 0 fully saturated rings. The van der Waals surface area contributed by atoms with Crippen molar-refractivity contribution in [3.63, 3.8) is 0 Å². The minimum atomic E-state index is -4.22. The van der Waals surface area contributed by atoms with Gasteiger partial charge in [0.2, 0.25) is 0 Å². The number of hydrogen-bond donors (Lipinski definition) is 1. The molecule has 0 bridgehead atoms. The van der Waals surface area contributed by atoms with E-state index < -0.39 is 22.0 Å². The third-order valence-corrected chi connectivity index (χ3v) is 3.01. The van der Waals surface area contributed by atoms with Crippen LogP contribution in [0.15, 0.2) is 16.8 Å². The molecule has 4 nitrogen and oxygen atoms in total. The van der Waals surface area contributed by atoms with E-state index >= 15 is 0 Å². The molecule has 0 radical (unpaired) electrons. The van der Waals surface area contributed by atoms with Gasteiger partial charge in [-0.1, -0.05) is 0 Å². The van der Waals surface area contributed by atoms with Crippen LogP contribution in [0.5, 0.6) is 0 Å². The summed E-state index contributed by atoms with van der Waals surface area (Å²) in [6.07, 6.45) is -0.891. The van der Waals surface area contributed by atoms with Crippen LogP contribution in [0, 0.1) is 0 Å². The second-order valence-corrected chi connectivity index (χ2v) is 4.93. The van der Waals surface area contributed by atoms with Gasteiger partial charge in [0, 0.05) is 5.75 Å². The van der Waals surface area contributed by atoms with Crippen LogP contribution in [0.25, 0.3) is 0 Å². The van der Waals surface area contributed by atoms with E-state index in [1.54, 1.807) is 16.8 Å². The third-order valence-electron chi connectivity index (χ3n) is 1.57. The maximum atomic E-state index is 10.2. The zero-order valence-electron chi connectivity index (χ0n) is 7.71. The fourth-order valence-corrected chi connectivity index (χ4v) is 2.11. The van der Waals surface area contributed by atoms with Gasteiger partial charge in [-0.2, -0.15) is 11.3 Å². The van der Waals surface area contributed by atoms with Crippen LogP contribution in [-0.4, -0.2) is 23.8 Å². The quantitative estimate of drug-likeness (QED) is 0.478. The first-order valence-electron chi connectivity index (χ1n) is 3.63. The Labute approximate surface area is 109 Å². The molecule has 0 amide bonds. The SMILES string of the molecule is O=S(=O)([O-])CCC(O)c1ccsc1.[Na+]. The number of aliphatic hydroxyl groups is 1. The van der Waals surface area contributed by atoms with E-state index in [-0.39, 0.29) is 36.0 Å². The predicted molar refractivity (Wildman–Crippen MR) is 48.5 cm³/mol. The van der Waals surface area contributed by atoms with Crippen LogP contribution in [0.2, 0.25) is 0 Å². The molecule has 0 saturated carbocycles. The van der Waals surface area contributed by atoms with Crippen LogP contribution < -0.4 is 29.6 Å². The largest absolute Gasteiger partial charge is 1.00 e. The summed E-state index contributed by atoms with van der Waals surface area (Å²) in [5, 5.41) is 12.9. The summed E-state index contributed by atoms with van der Waals surface area (Å²) < 4.78 is 30.7. The molecular weight excluding hydrogens is 235 g/mol. The van der Waals surface area contributed by atoms with E-state index in [1.165, 1.54) is 11.3 Å². The summed E-state index contributed by atoms with van der Waals surface area (Å²) in [5.74, 6) is -0.524. The molecule has 1 unspecified atom stereocenters. The minimum absolute atomic E-state index is 0. The molecule has 7 heteroatoms. The molecular formula is C7H9NaO4S2. The Morgan fingerprint density at radius 3 is 2.64 bits per heavy atom. The van der Waals surface area contributed by atoms with Crippen molar-refractivity contribution in [2.45, 2.75) is 12.5 Å². The predicted octanol–water partition coefficient (Wildman–Crippen LogP) is -2.28. The molecule has 1 atom stereocenters. The first-order valence-corrected chi connectivity index (χ1v) is 6.15. The van der Waals surface area contributed by atoms with Gasteiger partial charge >= 0.3 is 29.6 Å². The van der Waals surface area contributed by atoms with Gasteiger partial charge in [0.25, 0.3) is 0 Å². The van der Waals surface area contributed by atoms with E-state index in [2.05, 4.69) is 0 Å².